The molecule has 4 aliphatic rings. The van der Waals surface area contributed by atoms with Crippen molar-refractivity contribution in [3.8, 4) is 0 Å². The number of aliphatic hydroxyl groups excluding tert-OH is 1. The van der Waals surface area contributed by atoms with Gasteiger partial charge in [-0.2, -0.15) is 0 Å². The highest BCUT2D eigenvalue weighted by Gasteiger charge is 2.59. The number of hydrogen-bond donors (Lipinski definition) is 1. The maximum absolute atomic E-state index is 10.8. The van der Waals surface area contributed by atoms with E-state index in [-0.39, 0.29) is 6.10 Å². The summed E-state index contributed by atoms with van der Waals surface area (Å²) >= 11 is 0. The van der Waals surface area contributed by atoms with E-state index >= 15 is 0 Å². The minimum absolute atomic E-state index is 0.00417. The fourth-order valence-corrected chi connectivity index (χ4v) is 7.35. The number of hydrogen-bond acceptors (Lipinski definition) is 1. The number of rotatable bonds is 0. The van der Waals surface area contributed by atoms with Crippen molar-refractivity contribution in [3.63, 3.8) is 0 Å². The lowest BCUT2D eigenvalue weighted by Gasteiger charge is -2.61. The molecule has 1 N–H and O–H groups in total. The van der Waals surface area contributed by atoms with Crippen LogP contribution in [-0.4, -0.2) is 11.2 Å². The first kappa shape index (κ1) is 13.6. The average Bonchev–Trinajstić information content (AvgIpc) is 2.81. The third-order valence-electron chi connectivity index (χ3n) is 8.37. The summed E-state index contributed by atoms with van der Waals surface area (Å²) in [6, 6.07) is 0. The Kier molecular flexibility index (Phi) is 3.05. The molecular formula is C19H32O. The van der Waals surface area contributed by atoms with Gasteiger partial charge in [0.2, 0.25) is 0 Å². The minimum Gasteiger partial charge on any atom is -0.393 e. The van der Waals surface area contributed by atoms with Crippen LogP contribution < -0.4 is 0 Å². The van der Waals surface area contributed by atoms with Crippen LogP contribution in [0.5, 0.6) is 0 Å². The van der Waals surface area contributed by atoms with Gasteiger partial charge in [0.25, 0.3) is 0 Å². The van der Waals surface area contributed by atoms with E-state index in [1.807, 2.05) is 0 Å². The maximum atomic E-state index is 10.8. The number of fused-ring (bicyclic) bond motifs is 5. The van der Waals surface area contributed by atoms with E-state index in [4.69, 9.17) is 0 Å². The lowest BCUT2D eigenvalue weighted by atomic mass is 9.45. The molecule has 0 bridgehead atoms. The Morgan fingerprint density at radius 1 is 0.800 bits per heavy atom. The van der Waals surface area contributed by atoms with Crippen LogP contribution in [-0.2, 0) is 0 Å². The molecule has 4 saturated carbocycles. The van der Waals surface area contributed by atoms with Gasteiger partial charge in [0.1, 0.15) is 0 Å². The summed E-state index contributed by atoms with van der Waals surface area (Å²) in [5, 5.41) is 10.8. The third kappa shape index (κ3) is 1.71. The Labute approximate surface area is 124 Å². The van der Waals surface area contributed by atoms with Gasteiger partial charge in [0.15, 0.2) is 0 Å². The molecule has 7 atom stereocenters. The number of aliphatic hydroxyl groups is 1. The Hall–Kier alpha value is -0.0400. The van der Waals surface area contributed by atoms with Crippen LogP contribution in [0.25, 0.3) is 0 Å². The first-order valence-electron chi connectivity index (χ1n) is 9.23. The predicted octanol–water partition coefficient (Wildman–Crippen LogP) is 4.78. The maximum Gasteiger partial charge on any atom is 0.0576 e. The van der Waals surface area contributed by atoms with Crippen molar-refractivity contribution in [1.29, 1.82) is 0 Å². The SMILES string of the molecule is CC12CCCC1C1CC(O)C3CCCCC3(C)C1CC2. The Bertz CT molecular complexity index is 391. The Morgan fingerprint density at radius 3 is 2.45 bits per heavy atom. The molecule has 114 valence electrons. The van der Waals surface area contributed by atoms with E-state index in [9.17, 15) is 5.11 Å². The van der Waals surface area contributed by atoms with Crippen LogP contribution in [0, 0.1) is 34.5 Å². The molecule has 0 aromatic carbocycles. The summed E-state index contributed by atoms with van der Waals surface area (Å²) in [4.78, 5) is 0. The fraction of sp³-hybridized carbons (Fsp3) is 1.00. The average molecular weight is 276 g/mol. The van der Waals surface area contributed by atoms with Gasteiger partial charge in [-0.15, -0.1) is 0 Å². The summed E-state index contributed by atoms with van der Waals surface area (Å²) in [5.74, 6) is 3.30. The van der Waals surface area contributed by atoms with Crippen molar-refractivity contribution in [2.45, 2.75) is 84.2 Å². The lowest BCUT2D eigenvalue weighted by Crippen LogP contribution is -2.56. The molecule has 1 heteroatoms. The second kappa shape index (κ2) is 4.48. The smallest absolute Gasteiger partial charge is 0.0576 e. The molecular weight excluding hydrogens is 244 g/mol. The lowest BCUT2D eigenvalue weighted by molar-refractivity contribution is -0.153. The van der Waals surface area contributed by atoms with Gasteiger partial charge in [0, 0.05) is 0 Å². The van der Waals surface area contributed by atoms with Crippen molar-refractivity contribution in [2.75, 3.05) is 0 Å². The van der Waals surface area contributed by atoms with E-state index in [0.717, 1.165) is 24.2 Å². The van der Waals surface area contributed by atoms with Gasteiger partial charge >= 0.3 is 0 Å². The van der Waals surface area contributed by atoms with Gasteiger partial charge in [-0.05, 0) is 79.4 Å². The highest BCUT2D eigenvalue weighted by Crippen LogP contribution is 2.66. The van der Waals surface area contributed by atoms with Crippen LogP contribution in [0.4, 0.5) is 0 Å². The topological polar surface area (TPSA) is 20.2 Å². The van der Waals surface area contributed by atoms with Crippen LogP contribution in [0.3, 0.4) is 0 Å². The molecule has 0 aliphatic heterocycles. The largest absolute Gasteiger partial charge is 0.393 e. The molecule has 4 fully saturated rings. The molecule has 20 heavy (non-hydrogen) atoms. The molecule has 0 aromatic heterocycles. The highest BCUT2D eigenvalue weighted by atomic mass is 16.3. The highest BCUT2D eigenvalue weighted by molar-refractivity contribution is 5.08. The fourth-order valence-electron chi connectivity index (χ4n) is 7.35. The van der Waals surface area contributed by atoms with Gasteiger partial charge < -0.3 is 5.11 Å². The second-order valence-corrected chi connectivity index (χ2v) is 9.12. The Balaban J connectivity index is 1.68. The summed E-state index contributed by atoms with van der Waals surface area (Å²) < 4.78 is 0. The quantitative estimate of drug-likeness (QED) is 0.675. The van der Waals surface area contributed by atoms with Crippen molar-refractivity contribution in [3.05, 3.63) is 0 Å². The molecule has 0 aromatic rings. The van der Waals surface area contributed by atoms with Gasteiger partial charge in [0.05, 0.1) is 6.10 Å². The van der Waals surface area contributed by atoms with Crippen molar-refractivity contribution in [2.24, 2.45) is 34.5 Å². The van der Waals surface area contributed by atoms with E-state index < -0.39 is 0 Å². The van der Waals surface area contributed by atoms with Crippen molar-refractivity contribution >= 4 is 0 Å². The molecule has 0 heterocycles. The molecule has 0 saturated heterocycles. The molecule has 0 amide bonds. The zero-order valence-corrected chi connectivity index (χ0v) is 13.4. The molecule has 4 rings (SSSR count). The van der Waals surface area contributed by atoms with Crippen LogP contribution in [0.1, 0.15) is 78.1 Å². The monoisotopic (exact) mass is 276 g/mol. The van der Waals surface area contributed by atoms with Crippen LogP contribution >= 0.6 is 0 Å². The Morgan fingerprint density at radius 2 is 1.60 bits per heavy atom. The summed E-state index contributed by atoms with van der Waals surface area (Å²) in [5.41, 5.74) is 1.09. The van der Waals surface area contributed by atoms with E-state index in [2.05, 4.69) is 13.8 Å². The van der Waals surface area contributed by atoms with E-state index in [1.165, 1.54) is 57.8 Å². The van der Waals surface area contributed by atoms with E-state index in [1.54, 1.807) is 0 Å². The molecule has 7 unspecified atom stereocenters. The van der Waals surface area contributed by atoms with Crippen LogP contribution in [0.15, 0.2) is 0 Å². The summed E-state index contributed by atoms with van der Waals surface area (Å²) in [6.07, 6.45) is 13.9. The standard InChI is InChI=1S/C19H32O/c1-18-9-5-7-14(18)13-12-17(20)16-6-3-4-10-19(16,2)15(13)8-11-18/h13-17,20H,3-12H2,1-2H3. The minimum atomic E-state index is 0.00417. The molecule has 0 spiro atoms. The summed E-state index contributed by atoms with van der Waals surface area (Å²) in [7, 11) is 0. The zero-order valence-electron chi connectivity index (χ0n) is 13.4. The summed E-state index contributed by atoms with van der Waals surface area (Å²) in [6.45, 7) is 5.11. The van der Waals surface area contributed by atoms with Crippen molar-refractivity contribution < 1.29 is 5.11 Å². The molecule has 0 radical (unpaired) electrons. The van der Waals surface area contributed by atoms with Crippen molar-refractivity contribution in [1.82, 2.24) is 0 Å². The van der Waals surface area contributed by atoms with Gasteiger partial charge in [-0.1, -0.05) is 33.1 Å². The zero-order chi connectivity index (χ0) is 14.0. The van der Waals surface area contributed by atoms with Gasteiger partial charge in [-0.3, -0.25) is 0 Å². The molecule has 1 nitrogen and oxygen atoms in total. The second-order valence-electron chi connectivity index (χ2n) is 9.12. The third-order valence-corrected chi connectivity index (χ3v) is 8.37. The van der Waals surface area contributed by atoms with Crippen LogP contribution in [0.2, 0.25) is 0 Å². The first-order chi connectivity index (χ1) is 9.55. The predicted molar refractivity (Wildman–Crippen MR) is 82.4 cm³/mol. The normalized spacial score (nSPS) is 58.6. The van der Waals surface area contributed by atoms with E-state index in [0.29, 0.717) is 16.7 Å². The van der Waals surface area contributed by atoms with Gasteiger partial charge in [-0.25, -0.2) is 0 Å². The molecule has 4 aliphatic carbocycles. The first-order valence-corrected chi connectivity index (χ1v) is 9.23.